The molecule has 26 heavy (non-hydrogen) atoms. The predicted octanol–water partition coefficient (Wildman–Crippen LogP) is 4.83. The normalized spacial score (nSPS) is 17.2. The molecule has 0 radical (unpaired) electrons. The molecule has 0 aliphatic carbocycles. The number of likely N-dealkylation sites (tertiary alicyclic amines) is 1. The number of thiocarbonyl (C=S) groups is 1. The van der Waals surface area contributed by atoms with Gasteiger partial charge in [0, 0.05) is 27.9 Å². The minimum Gasteiger partial charge on any atom is -0.389 e. The summed E-state index contributed by atoms with van der Waals surface area (Å²) in [6, 6.07) is 15.4. The van der Waals surface area contributed by atoms with Crippen molar-refractivity contribution < 1.29 is 0 Å². The summed E-state index contributed by atoms with van der Waals surface area (Å²) in [5.74, 6) is 0. The van der Waals surface area contributed by atoms with Crippen LogP contribution >= 0.6 is 36.4 Å². The van der Waals surface area contributed by atoms with Gasteiger partial charge in [0.2, 0.25) is 0 Å². The fraction of sp³-hybridized carbons (Fsp3) is 0.350. The number of nitrogens with zero attached hydrogens (tertiary/aromatic N) is 2. The van der Waals surface area contributed by atoms with Crippen LogP contribution < -0.4 is 10.6 Å². The van der Waals surface area contributed by atoms with Crippen molar-refractivity contribution in [1.29, 1.82) is 0 Å². The molecule has 1 saturated heterocycles. The van der Waals surface area contributed by atoms with Gasteiger partial charge < -0.3 is 15.5 Å². The van der Waals surface area contributed by atoms with Crippen LogP contribution in [0.15, 0.2) is 52.3 Å². The highest BCUT2D eigenvalue weighted by Crippen LogP contribution is 2.49. The third-order valence-corrected chi connectivity index (χ3v) is 6.38. The van der Waals surface area contributed by atoms with Crippen molar-refractivity contribution in [2.24, 2.45) is 5.73 Å². The van der Waals surface area contributed by atoms with Crippen LogP contribution in [0.25, 0.3) is 0 Å². The van der Waals surface area contributed by atoms with Gasteiger partial charge in [-0.3, -0.25) is 0 Å². The SMILES string of the molecule is CC(CN1CCCC1)N1c2ccccc2Sc2ccc(C(N)=S)cc21.Cl. The molecule has 6 heteroatoms. The molecule has 2 aromatic rings. The number of hydrogen-bond donors (Lipinski definition) is 1. The van der Waals surface area contributed by atoms with Gasteiger partial charge in [-0.25, -0.2) is 0 Å². The zero-order valence-corrected chi connectivity index (χ0v) is 17.3. The number of rotatable bonds is 4. The number of fused-ring (bicyclic) bond motifs is 2. The van der Waals surface area contributed by atoms with Crippen LogP contribution in [-0.2, 0) is 0 Å². The lowest BCUT2D eigenvalue weighted by molar-refractivity contribution is 0.319. The van der Waals surface area contributed by atoms with Gasteiger partial charge >= 0.3 is 0 Å². The molecule has 2 aliphatic heterocycles. The van der Waals surface area contributed by atoms with Gasteiger partial charge in [0.1, 0.15) is 4.99 Å². The number of anilines is 2. The Labute approximate surface area is 171 Å². The lowest BCUT2D eigenvalue weighted by Crippen LogP contribution is -2.40. The molecule has 3 nitrogen and oxygen atoms in total. The van der Waals surface area contributed by atoms with E-state index in [4.69, 9.17) is 18.0 Å². The highest BCUT2D eigenvalue weighted by Gasteiger charge is 2.28. The summed E-state index contributed by atoms with van der Waals surface area (Å²) >= 11 is 7.04. The molecule has 138 valence electrons. The Hall–Kier alpha value is -1.27. The van der Waals surface area contributed by atoms with Crippen molar-refractivity contribution >= 4 is 52.8 Å². The number of nitrogens with two attached hydrogens (primary N) is 1. The van der Waals surface area contributed by atoms with Gasteiger partial charge in [0.25, 0.3) is 0 Å². The molecule has 2 aromatic carbocycles. The van der Waals surface area contributed by atoms with E-state index >= 15 is 0 Å². The molecule has 4 rings (SSSR count). The van der Waals surface area contributed by atoms with Crippen molar-refractivity contribution in [2.45, 2.75) is 35.6 Å². The summed E-state index contributed by atoms with van der Waals surface area (Å²) in [7, 11) is 0. The third-order valence-electron chi connectivity index (χ3n) is 5.01. The molecule has 0 spiro atoms. The third kappa shape index (κ3) is 3.72. The van der Waals surface area contributed by atoms with Crippen LogP contribution in [0.4, 0.5) is 11.4 Å². The fourth-order valence-electron chi connectivity index (χ4n) is 3.83. The quantitative estimate of drug-likeness (QED) is 0.736. The topological polar surface area (TPSA) is 32.5 Å². The molecular weight excluding hydrogens is 382 g/mol. The van der Waals surface area contributed by atoms with Crippen molar-refractivity contribution in [2.75, 3.05) is 24.5 Å². The van der Waals surface area contributed by atoms with E-state index < -0.39 is 0 Å². The zero-order chi connectivity index (χ0) is 17.4. The summed E-state index contributed by atoms with van der Waals surface area (Å²) in [6.07, 6.45) is 2.64. The Kier molecular flexibility index (Phi) is 6.13. The van der Waals surface area contributed by atoms with Crippen molar-refractivity contribution in [3.8, 4) is 0 Å². The van der Waals surface area contributed by atoms with Crippen molar-refractivity contribution in [3.05, 3.63) is 48.0 Å². The molecule has 2 N–H and O–H groups in total. The maximum Gasteiger partial charge on any atom is 0.104 e. The largest absolute Gasteiger partial charge is 0.389 e. The second kappa shape index (κ2) is 8.17. The Bertz CT molecular complexity index is 805. The minimum absolute atomic E-state index is 0. The van der Waals surface area contributed by atoms with E-state index in [1.165, 1.54) is 47.1 Å². The summed E-state index contributed by atoms with van der Waals surface area (Å²) in [4.78, 5) is 8.09. The summed E-state index contributed by atoms with van der Waals surface area (Å²) in [6.45, 7) is 5.83. The molecule has 0 amide bonds. The van der Waals surface area contributed by atoms with E-state index in [-0.39, 0.29) is 12.4 Å². The van der Waals surface area contributed by atoms with E-state index in [1.807, 2.05) is 17.8 Å². The first-order valence-corrected chi connectivity index (χ1v) is 10.1. The highest BCUT2D eigenvalue weighted by molar-refractivity contribution is 7.99. The number of halogens is 1. The van der Waals surface area contributed by atoms with Gasteiger partial charge in [-0.15, -0.1) is 12.4 Å². The van der Waals surface area contributed by atoms with E-state index in [9.17, 15) is 0 Å². The smallest absolute Gasteiger partial charge is 0.104 e. The summed E-state index contributed by atoms with van der Waals surface area (Å²) in [5.41, 5.74) is 9.34. The van der Waals surface area contributed by atoms with E-state index in [1.54, 1.807) is 0 Å². The van der Waals surface area contributed by atoms with Crippen LogP contribution in [-0.4, -0.2) is 35.6 Å². The lowest BCUT2D eigenvalue weighted by Gasteiger charge is -2.39. The predicted molar refractivity (Wildman–Crippen MR) is 117 cm³/mol. The van der Waals surface area contributed by atoms with Gasteiger partial charge in [-0.05, 0) is 57.1 Å². The monoisotopic (exact) mass is 405 g/mol. The lowest BCUT2D eigenvalue weighted by atomic mass is 10.1. The molecular formula is C20H24ClN3S2. The van der Waals surface area contributed by atoms with E-state index in [0.717, 1.165) is 12.1 Å². The Morgan fingerprint density at radius 3 is 2.54 bits per heavy atom. The second-order valence-corrected chi connectivity index (χ2v) is 8.37. The van der Waals surface area contributed by atoms with E-state index in [2.05, 4.69) is 53.1 Å². The summed E-state index contributed by atoms with van der Waals surface area (Å²) < 4.78 is 0. The van der Waals surface area contributed by atoms with Gasteiger partial charge in [-0.1, -0.05) is 42.2 Å². The van der Waals surface area contributed by atoms with Crippen molar-refractivity contribution in [3.63, 3.8) is 0 Å². The zero-order valence-electron chi connectivity index (χ0n) is 14.9. The molecule has 2 heterocycles. The molecule has 2 aliphatic rings. The molecule has 1 fully saturated rings. The molecule has 1 unspecified atom stereocenters. The molecule has 0 saturated carbocycles. The highest BCUT2D eigenvalue weighted by atomic mass is 35.5. The number of benzene rings is 2. The van der Waals surface area contributed by atoms with Crippen LogP contribution in [0.5, 0.6) is 0 Å². The Morgan fingerprint density at radius 1 is 1.12 bits per heavy atom. The maximum atomic E-state index is 5.89. The first-order chi connectivity index (χ1) is 12.1. The fourth-order valence-corrected chi connectivity index (χ4v) is 5.01. The Morgan fingerprint density at radius 2 is 1.81 bits per heavy atom. The number of para-hydroxylation sites is 1. The van der Waals surface area contributed by atoms with Crippen molar-refractivity contribution in [1.82, 2.24) is 4.90 Å². The standard InChI is InChI=1S/C20H23N3S2.ClH/c1-14(13-22-10-4-5-11-22)23-16-6-2-3-7-18(16)25-19-9-8-15(20(21)24)12-17(19)23;/h2-3,6-9,12,14H,4-5,10-11,13H2,1H3,(H2,21,24);1H. The Balaban J connectivity index is 0.00000196. The first-order valence-electron chi connectivity index (χ1n) is 8.86. The molecule has 0 bridgehead atoms. The van der Waals surface area contributed by atoms with Gasteiger partial charge in [0.15, 0.2) is 0 Å². The maximum absolute atomic E-state index is 5.89. The first kappa shape index (κ1) is 19.5. The van der Waals surface area contributed by atoms with Gasteiger partial charge in [0.05, 0.1) is 11.4 Å². The number of hydrogen-bond acceptors (Lipinski definition) is 4. The summed E-state index contributed by atoms with van der Waals surface area (Å²) in [5, 5.41) is 0. The van der Waals surface area contributed by atoms with Crippen LogP contribution in [0.3, 0.4) is 0 Å². The average Bonchev–Trinajstić information content (AvgIpc) is 3.11. The minimum atomic E-state index is 0. The molecule has 0 aromatic heterocycles. The van der Waals surface area contributed by atoms with E-state index in [0.29, 0.717) is 11.0 Å². The van der Waals surface area contributed by atoms with Crippen LogP contribution in [0, 0.1) is 0 Å². The second-order valence-electron chi connectivity index (χ2n) is 6.84. The van der Waals surface area contributed by atoms with Gasteiger partial charge in [-0.2, -0.15) is 0 Å². The average molecular weight is 406 g/mol. The van der Waals surface area contributed by atoms with Crippen LogP contribution in [0.2, 0.25) is 0 Å². The molecule has 1 atom stereocenters. The van der Waals surface area contributed by atoms with Crippen LogP contribution in [0.1, 0.15) is 25.3 Å².